The number of fused-ring (bicyclic) bond motifs is 3. The van der Waals surface area contributed by atoms with Gasteiger partial charge in [-0.3, -0.25) is 19.3 Å². The molecule has 1 saturated heterocycles. The highest BCUT2D eigenvalue weighted by Crippen LogP contribution is 2.45. The molecule has 1 atom stereocenters. The van der Waals surface area contributed by atoms with Crippen LogP contribution in [-0.2, 0) is 9.59 Å². The number of carbonyl (C=O) groups excluding carboxylic acids is 3. The predicted octanol–water partition coefficient (Wildman–Crippen LogP) is 3.41. The Morgan fingerprint density at radius 2 is 1.97 bits per heavy atom. The molecule has 2 aliphatic heterocycles. The first-order valence-electron chi connectivity index (χ1n) is 10.2. The van der Waals surface area contributed by atoms with Crippen LogP contribution in [0.5, 0.6) is 5.75 Å². The normalized spacial score (nSPS) is 20.1. The van der Waals surface area contributed by atoms with Gasteiger partial charge < -0.3 is 15.0 Å². The van der Waals surface area contributed by atoms with E-state index in [0.717, 1.165) is 12.8 Å². The summed E-state index contributed by atoms with van der Waals surface area (Å²) >= 11 is 0. The quantitative estimate of drug-likeness (QED) is 0.796. The molecule has 1 N–H and O–H groups in total. The van der Waals surface area contributed by atoms with Crippen LogP contribution in [0.4, 0.5) is 11.4 Å². The molecular formula is C23H25N3O4. The van der Waals surface area contributed by atoms with E-state index < -0.39 is 5.66 Å². The maximum absolute atomic E-state index is 13.7. The highest BCUT2D eigenvalue weighted by molar-refractivity contribution is 6.18. The van der Waals surface area contributed by atoms with Crippen LogP contribution in [0.1, 0.15) is 43.0 Å². The summed E-state index contributed by atoms with van der Waals surface area (Å²) in [4.78, 5) is 43.2. The maximum Gasteiger partial charge on any atom is 0.271 e. The number of anilines is 2. The van der Waals surface area contributed by atoms with Gasteiger partial charge in [-0.15, -0.1) is 0 Å². The van der Waals surface area contributed by atoms with Crippen molar-refractivity contribution in [3.8, 4) is 5.75 Å². The third-order valence-corrected chi connectivity index (χ3v) is 5.80. The highest BCUT2D eigenvalue weighted by atomic mass is 16.5. The third kappa shape index (κ3) is 3.01. The molecular weight excluding hydrogens is 382 g/mol. The van der Waals surface area contributed by atoms with Gasteiger partial charge in [-0.05, 0) is 30.7 Å². The van der Waals surface area contributed by atoms with E-state index in [4.69, 9.17) is 4.74 Å². The van der Waals surface area contributed by atoms with Gasteiger partial charge in [0.1, 0.15) is 5.75 Å². The minimum atomic E-state index is -1.37. The molecule has 1 fully saturated rings. The van der Waals surface area contributed by atoms with E-state index in [1.807, 2.05) is 6.92 Å². The van der Waals surface area contributed by atoms with E-state index in [1.54, 1.807) is 60.5 Å². The zero-order valence-corrected chi connectivity index (χ0v) is 17.2. The summed E-state index contributed by atoms with van der Waals surface area (Å²) in [6, 6.07) is 14.0. The van der Waals surface area contributed by atoms with Crippen LogP contribution >= 0.6 is 0 Å². The van der Waals surface area contributed by atoms with Crippen molar-refractivity contribution < 1.29 is 19.1 Å². The van der Waals surface area contributed by atoms with Crippen LogP contribution in [0.15, 0.2) is 48.5 Å². The smallest absolute Gasteiger partial charge is 0.271 e. The van der Waals surface area contributed by atoms with Crippen molar-refractivity contribution in [2.45, 2.75) is 38.3 Å². The van der Waals surface area contributed by atoms with Gasteiger partial charge in [0.05, 0.1) is 18.4 Å². The van der Waals surface area contributed by atoms with Crippen molar-refractivity contribution in [3.63, 3.8) is 0 Å². The van der Waals surface area contributed by atoms with E-state index >= 15 is 0 Å². The lowest BCUT2D eigenvalue weighted by Crippen LogP contribution is -2.69. The molecule has 1 unspecified atom stereocenters. The summed E-state index contributed by atoms with van der Waals surface area (Å²) in [5.74, 6) is -0.152. The van der Waals surface area contributed by atoms with Gasteiger partial charge in [-0.2, -0.15) is 0 Å². The van der Waals surface area contributed by atoms with E-state index in [2.05, 4.69) is 5.32 Å². The number of carbonyl (C=O) groups is 3. The first kappa shape index (κ1) is 19.9. The Balaban J connectivity index is 1.81. The van der Waals surface area contributed by atoms with Crippen molar-refractivity contribution in [2.75, 3.05) is 23.9 Å². The number of unbranched alkanes of at least 4 members (excludes halogenated alkanes) is 1. The van der Waals surface area contributed by atoms with Crippen LogP contribution in [0.25, 0.3) is 0 Å². The predicted molar refractivity (Wildman–Crippen MR) is 113 cm³/mol. The molecule has 4 rings (SSSR count). The third-order valence-electron chi connectivity index (χ3n) is 5.80. The highest BCUT2D eigenvalue weighted by Gasteiger charge is 2.60. The molecule has 0 radical (unpaired) electrons. The molecule has 0 bridgehead atoms. The molecule has 0 spiro atoms. The van der Waals surface area contributed by atoms with Gasteiger partial charge in [0.25, 0.3) is 11.8 Å². The largest absolute Gasteiger partial charge is 0.497 e. The van der Waals surface area contributed by atoms with E-state index in [-0.39, 0.29) is 30.6 Å². The van der Waals surface area contributed by atoms with Crippen molar-refractivity contribution in [2.24, 2.45) is 0 Å². The number of nitrogens with one attached hydrogen (secondary N) is 1. The fraction of sp³-hybridized carbons (Fsp3) is 0.348. The summed E-state index contributed by atoms with van der Waals surface area (Å²) in [5.41, 5.74) is 0.128. The van der Waals surface area contributed by atoms with Crippen LogP contribution in [0.3, 0.4) is 0 Å². The molecule has 2 aromatic carbocycles. The molecule has 2 aromatic rings. The average Bonchev–Trinajstić information content (AvgIpc) is 3.12. The summed E-state index contributed by atoms with van der Waals surface area (Å²) in [6.07, 6.45) is 2.07. The molecule has 7 nitrogen and oxygen atoms in total. The Labute approximate surface area is 175 Å². The van der Waals surface area contributed by atoms with E-state index in [9.17, 15) is 14.4 Å². The lowest BCUT2D eigenvalue weighted by Gasteiger charge is -2.49. The number of rotatable bonds is 6. The van der Waals surface area contributed by atoms with Crippen molar-refractivity contribution in [3.05, 3.63) is 54.1 Å². The number of amides is 3. The zero-order chi connectivity index (χ0) is 21.3. The summed E-state index contributed by atoms with van der Waals surface area (Å²) in [6.45, 7) is 2.43. The number of methoxy groups -OCH3 is 1. The lowest BCUT2D eigenvalue weighted by molar-refractivity contribution is -0.129. The Morgan fingerprint density at radius 3 is 2.73 bits per heavy atom. The van der Waals surface area contributed by atoms with E-state index in [1.165, 1.54) is 4.90 Å². The van der Waals surface area contributed by atoms with Crippen LogP contribution in [0.2, 0.25) is 0 Å². The standard InChI is InChI=1S/C23H25N3O4/c1-3-4-14-25-21(28)18-10-5-6-11-19(18)26-20(27)12-13-23(25,26)22(29)24-16-8-7-9-17(15-16)30-2/h5-11,15H,3-4,12-14H2,1-2H3,(H,24,29). The first-order chi connectivity index (χ1) is 14.5. The molecule has 2 heterocycles. The number of para-hydroxylation sites is 1. The minimum Gasteiger partial charge on any atom is -0.497 e. The minimum absolute atomic E-state index is 0.155. The second kappa shape index (κ2) is 7.82. The van der Waals surface area contributed by atoms with Gasteiger partial charge in [0, 0.05) is 31.1 Å². The molecule has 0 aromatic heterocycles. The number of hydrogen-bond donors (Lipinski definition) is 1. The van der Waals surface area contributed by atoms with Crippen molar-refractivity contribution in [1.82, 2.24) is 4.90 Å². The topological polar surface area (TPSA) is 79.0 Å². The number of ether oxygens (including phenoxy) is 1. The number of hydrogen-bond acceptors (Lipinski definition) is 4. The molecule has 156 valence electrons. The lowest BCUT2D eigenvalue weighted by atomic mass is 9.95. The SMILES string of the molecule is CCCCN1C(=O)c2ccccc2N2C(=O)CCC12C(=O)Nc1cccc(OC)c1. The van der Waals surface area contributed by atoms with Gasteiger partial charge in [0.15, 0.2) is 0 Å². The first-order valence-corrected chi connectivity index (χ1v) is 10.2. The Bertz CT molecular complexity index is 1010. The van der Waals surface area contributed by atoms with Gasteiger partial charge >= 0.3 is 0 Å². The van der Waals surface area contributed by atoms with Crippen molar-refractivity contribution >= 4 is 29.1 Å². The molecule has 0 aliphatic carbocycles. The molecule has 3 amide bonds. The van der Waals surface area contributed by atoms with E-state index in [0.29, 0.717) is 29.2 Å². The molecule has 7 heteroatoms. The van der Waals surface area contributed by atoms with Crippen LogP contribution in [-0.4, -0.2) is 41.9 Å². The van der Waals surface area contributed by atoms with Gasteiger partial charge in [-0.25, -0.2) is 0 Å². The summed E-state index contributed by atoms with van der Waals surface area (Å²) in [7, 11) is 1.56. The Hall–Kier alpha value is -3.35. The second-order valence-electron chi connectivity index (χ2n) is 7.56. The van der Waals surface area contributed by atoms with Gasteiger partial charge in [-0.1, -0.05) is 31.5 Å². The zero-order valence-electron chi connectivity index (χ0n) is 17.2. The number of benzene rings is 2. The number of nitrogens with zero attached hydrogens (tertiary/aromatic N) is 2. The second-order valence-corrected chi connectivity index (χ2v) is 7.56. The van der Waals surface area contributed by atoms with Gasteiger partial charge in [0.2, 0.25) is 11.6 Å². The fourth-order valence-electron chi connectivity index (χ4n) is 4.34. The average molecular weight is 407 g/mol. The Kier molecular flexibility index (Phi) is 5.20. The van der Waals surface area contributed by atoms with Crippen LogP contribution < -0.4 is 15.0 Å². The Morgan fingerprint density at radius 1 is 1.17 bits per heavy atom. The monoisotopic (exact) mass is 407 g/mol. The van der Waals surface area contributed by atoms with Crippen molar-refractivity contribution in [1.29, 1.82) is 0 Å². The summed E-state index contributed by atoms with van der Waals surface area (Å²) < 4.78 is 5.24. The van der Waals surface area contributed by atoms with Crippen LogP contribution in [0, 0.1) is 0 Å². The molecule has 2 aliphatic rings. The molecule has 0 saturated carbocycles. The fourth-order valence-corrected chi connectivity index (χ4v) is 4.34. The summed E-state index contributed by atoms with van der Waals surface area (Å²) in [5, 5.41) is 2.92. The maximum atomic E-state index is 13.7. The molecule has 30 heavy (non-hydrogen) atoms.